The fraction of sp³-hybridized carbons (Fsp3) is 0.739. The van der Waals surface area contributed by atoms with Gasteiger partial charge >= 0.3 is 12.2 Å². The molecule has 0 radical (unpaired) electrons. The summed E-state index contributed by atoms with van der Waals surface area (Å²) >= 11 is 0. The third-order valence-electron chi connectivity index (χ3n) is 4.47. The summed E-state index contributed by atoms with van der Waals surface area (Å²) < 4.78 is 10.4. The van der Waals surface area contributed by atoms with Crippen LogP contribution in [0.25, 0.3) is 0 Å². The highest BCUT2D eigenvalue weighted by Crippen LogP contribution is 2.30. The first-order valence-corrected chi connectivity index (χ1v) is 10.5. The van der Waals surface area contributed by atoms with Crippen LogP contribution in [0.1, 0.15) is 61.3 Å². The molecule has 168 valence electrons. The Bertz CT molecular complexity index is 557. The summed E-state index contributed by atoms with van der Waals surface area (Å²) in [5.41, 5.74) is 1.85. The molecule has 6 nitrogen and oxygen atoms in total. The van der Waals surface area contributed by atoms with Crippen molar-refractivity contribution < 1.29 is 19.1 Å². The van der Waals surface area contributed by atoms with Gasteiger partial charge in [-0.2, -0.15) is 0 Å². The van der Waals surface area contributed by atoms with Crippen molar-refractivity contribution in [2.45, 2.75) is 61.3 Å². The first-order valence-electron chi connectivity index (χ1n) is 10.5. The van der Waals surface area contributed by atoms with E-state index in [0.717, 1.165) is 24.0 Å². The average Bonchev–Trinajstić information content (AvgIpc) is 2.57. The number of nitrogens with zero attached hydrogens (tertiary/aromatic N) is 2. The van der Waals surface area contributed by atoms with Gasteiger partial charge in [-0.3, -0.25) is 0 Å². The second-order valence-electron chi connectivity index (χ2n) is 8.84. The number of ether oxygens (including phenoxy) is 2. The molecule has 0 aliphatic carbocycles. The van der Waals surface area contributed by atoms with Gasteiger partial charge in [0.25, 0.3) is 0 Å². The molecule has 0 aromatic rings. The van der Waals surface area contributed by atoms with Gasteiger partial charge in [-0.05, 0) is 51.9 Å². The highest BCUT2D eigenvalue weighted by molar-refractivity contribution is 5.68. The van der Waals surface area contributed by atoms with Gasteiger partial charge in [0.2, 0.25) is 0 Å². The summed E-state index contributed by atoms with van der Waals surface area (Å²) in [6.07, 6.45) is 1.16. The molecule has 0 fully saturated rings. The van der Waals surface area contributed by atoms with E-state index in [1.54, 1.807) is 9.80 Å². The van der Waals surface area contributed by atoms with Gasteiger partial charge < -0.3 is 19.3 Å². The van der Waals surface area contributed by atoms with Crippen molar-refractivity contribution >= 4 is 12.2 Å². The molecule has 0 aliphatic rings. The summed E-state index contributed by atoms with van der Waals surface area (Å²) in [6.45, 7) is 24.7. The predicted molar refractivity (Wildman–Crippen MR) is 119 cm³/mol. The molecule has 0 saturated heterocycles. The van der Waals surface area contributed by atoms with Crippen LogP contribution in [0.3, 0.4) is 0 Å². The van der Waals surface area contributed by atoms with Crippen LogP contribution in [0.2, 0.25) is 0 Å². The van der Waals surface area contributed by atoms with Crippen LogP contribution in [-0.2, 0) is 9.47 Å². The monoisotopic (exact) mass is 410 g/mol. The van der Waals surface area contributed by atoms with Crippen molar-refractivity contribution in [2.24, 2.45) is 11.3 Å². The lowest BCUT2D eigenvalue weighted by Crippen LogP contribution is -2.38. The smallest absolute Gasteiger partial charge is 0.410 e. The zero-order chi connectivity index (χ0) is 22.6. The minimum absolute atomic E-state index is 0.00277. The molecular weight excluding hydrogens is 368 g/mol. The first-order chi connectivity index (χ1) is 13.4. The van der Waals surface area contributed by atoms with E-state index < -0.39 is 0 Å². The lowest BCUT2D eigenvalue weighted by Gasteiger charge is -2.33. The molecule has 0 heterocycles. The number of hydrogen-bond acceptors (Lipinski definition) is 4. The van der Waals surface area contributed by atoms with Crippen molar-refractivity contribution in [1.29, 1.82) is 0 Å². The summed E-state index contributed by atoms with van der Waals surface area (Å²) in [6, 6.07) is 0. The van der Waals surface area contributed by atoms with Gasteiger partial charge in [-0.1, -0.05) is 45.1 Å². The molecular formula is C23H42N2O4. The first kappa shape index (κ1) is 27.0. The maximum absolute atomic E-state index is 12.2. The van der Waals surface area contributed by atoms with Gasteiger partial charge in [0.15, 0.2) is 0 Å². The Labute approximate surface area is 177 Å². The summed E-state index contributed by atoms with van der Waals surface area (Å²) in [5, 5.41) is 0. The van der Waals surface area contributed by atoms with E-state index in [4.69, 9.17) is 9.47 Å². The maximum Gasteiger partial charge on any atom is 0.410 e. The molecule has 1 atom stereocenters. The molecule has 0 aromatic heterocycles. The van der Waals surface area contributed by atoms with E-state index in [-0.39, 0.29) is 23.5 Å². The summed E-state index contributed by atoms with van der Waals surface area (Å²) in [4.78, 5) is 27.9. The minimum atomic E-state index is -0.297. The van der Waals surface area contributed by atoms with E-state index in [1.807, 2.05) is 27.7 Å². The van der Waals surface area contributed by atoms with Gasteiger partial charge in [-0.25, -0.2) is 9.59 Å². The quantitative estimate of drug-likeness (QED) is 0.376. The molecule has 0 saturated carbocycles. The molecule has 0 N–H and O–H groups in total. The Balaban J connectivity index is 4.89. The van der Waals surface area contributed by atoms with Gasteiger partial charge in [0.05, 0.1) is 13.2 Å². The molecule has 0 aliphatic heterocycles. The van der Waals surface area contributed by atoms with Crippen LogP contribution in [0, 0.1) is 11.3 Å². The van der Waals surface area contributed by atoms with Crippen molar-refractivity contribution in [1.82, 2.24) is 9.80 Å². The van der Waals surface area contributed by atoms with E-state index >= 15 is 0 Å². The van der Waals surface area contributed by atoms with Crippen LogP contribution in [-0.4, -0.2) is 61.4 Å². The van der Waals surface area contributed by atoms with Crippen molar-refractivity contribution in [2.75, 3.05) is 39.4 Å². The molecule has 0 bridgehead atoms. The normalized spacial score (nSPS) is 12.1. The number of carbonyl (C=O) groups is 2. The van der Waals surface area contributed by atoms with Crippen LogP contribution in [0.5, 0.6) is 0 Å². The van der Waals surface area contributed by atoms with E-state index in [1.165, 1.54) is 0 Å². The Morgan fingerprint density at radius 3 is 1.83 bits per heavy atom. The molecule has 1 unspecified atom stereocenters. The molecule has 0 spiro atoms. The van der Waals surface area contributed by atoms with Crippen molar-refractivity contribution in [3.05, 3.63) is 24.3 Å². The maximum atomic E-state index is 12.2. The van der Waals surface area contributed by atoms with Crippen LogP contribution in [0.15, 0.2) is 24.3 Å². The van der Waals surface area contributed by atoms with Gasteiger partial charge in [0, 0.05) is 26.2 Å². The third-order valence-corrected chi connectivity index (χ3v) is 4.47. The summed E-state index contributed by atoms with van der Waals surface area (Å²) in [7, 11) is 0. The lowest BCUT2D eigenvalue weighted by atomic mass is 9.80. The minimum Gasteiger partial charge on any atom is -0.450 e. The third kappa shape index (κ3) is 12.2. The van der Waals surface area contributed by atoms with E-state index in [9.17, 15) is 9.59 Å². The number of hydrogen-bond donors (Lipinski definition) is 0. The Morgan fingerprint density at radius 2 is 1.38 bits per heavy atom. The zero-order valence-corrected chi connectivity index (χ0v) is 19.7. The molecule has 2 amide bonds. The molecule has 0 aromatic carbocycles. The van der Waals surface area contributed by atoms with Gasteiger partial charge in [0.1, 0.15) is 0 Å². The Kier molecular flexibility index (Phi) is 12.4. The van der Waals surface area contributed by atoms with Crippen LogP contribution >= 0.6 is 0 Å². The largest absolute Gasteiger partial charge is 0.450 e. The topological polar surface area (TPSA) is 59.1 Å². The highest BCUT2D eigenvalue weighted by atomic mass is 16.6. The fourth-order valence-corrected chi connectivity index (χ4v) is 3.44. The molecule has 0 rings (SSSR count). The molecule has 6 heteroatoms. The second kappa shape index (κ2) is 13.3. The second-order valence-corrected chi connectivity index (χ2v) is 8.84. The van der Waals surface area contributed by atoms with Crippen molar-refractivity contribution in [3.8, 4) is 0 Å². The average molecular weight is 411 g/mol. The van der Waals surface area contributed by atoms with E-state index in [0.29, 0.717) is 39.4 Å². The highest BCUT2D eigenvalue weighted by Gasteiger charge is 2.26. The van der Waals surface area contributed by atoms with Crippen LogP contribution < -0.4 is 0 Å². The Morgan fingerprint density at radius 1 is 0.931 bits per heavy atom. The Hall–Kier alpha value is -1.98. The SMILES string of the molecule is C=C(C)CN(CCC(C)(C)CC(C)CN(CC(=C)C)C(=O)OCC)C(=O)OCC. The van der Waals surface area contributed by atoms with Crippen molar-refractivity contribution in [3.63, 3.8) is 0 Å². The van der Waals surface area contributed by atoms with Crippen LogP contribution in [0.4, 0.5) is 9.59 Å². The number of rotatable bonds is 13. The van der Waals surface area contributed by atoms with Gasteiger partial charge in [-0.15, -0.1) is 0 Å². The lowest BCUT2D eigenvalue weighted by molar-refractivity contribution is 0.0944. The summed E-state index contributed by atoms with van der Waals surface area (Å²) in [5.74, 6) is 0.283. The molecule has 29 heavy (non-hydrogen) atoms. The fourth-order valence-electron chi connectivity index (χ4n) is 3.44. The zero-order valence-electron chi connectivity index (χ0n) is 19.7. The van der Waals surface area contributed by atoms with E-state index in [2.05, 4.69) is 33.9 Å². The predicted octanol–water partition coefficient (Wildman–Crippen LogP) is 5.50. The number of carbonyl (C=O) groups excluding carboxylic acids is 2. The standard InChI is InChI=1S/C23H42N2O4/c1-10-28-21(26)24(15-18(3)4)13-12-23(8,9)14-20(7)17-25(16-19(5)6)22(27)29-11-2/h20H,3,5,10-17H2,1-2,4,6-9H3. The number of amides is 2.